The Hall–Kier alpha value is -1.61. The van der Waals surface area contributed by atoms with Crippen molar-refractivity contribution in [3.8, 4) is 5.75 Å². The molecule has 1 aliphatic heterocycles. The highest BCUT2D eigenvalue weighted by atomic mass is 16.5. The lowest BCUT2D eigenvalue weighted by atomic mass is 9.80. The van der Waals surface area contributed by atoms with Crippen molar-refractivity contribution in [1.29, 1.82) is 0 Å². The van der Waals surface area contributed by atoms with E-state index in [0.29, 0.717) is 0 Å². The highest BCUT2D eigenvalue weighted by molar-refractivity contribution is 5.83. The second-order valence-electron chi connectivity index (χ2n) is 9.82. The van der Waals surface area contributed by atoms with Crippen LogP contribution < -0.4 is 4.74 Å². The number of aryl methyl sites for hydroxylation is 1. The molecule has 0 N–H and O–H groups in total. The topological polar surface area (TPSA) is 25.4 Å². The van der Waals surface area contributed by atoms with Gasteiger partial charge in [0, 0.05) is 18.1 Å². The van der Waals surface area contributed by atoms with Crippen molar-refractivity contribution in [2.75, 3.05) is 26.2 Å². The molecule has 0 aliphatic carbocycles. The second-order valence-corrected chi connectivity index (χ2v) is 9.82. The van der Waals surface area contributed by atoms with E-state index in [-0.39, 0.29) is 0 Å². The van der Waals surface area contributed by atoms with E-state index < -0.39 is 0 Å². The molecule has 0 bridgehead atoms. The highest BCUT2D eigenvalue weighted by Crippen LogP contribution is 2.31. The van der Waals surface area contributed by atoms with E-state index in [1.54, 1.807) is 0 Å². The van der Waals surface area contributed by atoms with Crippen molar-refractivity contribution < 1.29 is 4.74 Å². The number of benzene rings is 1. The molecule has 0 radical (unpaired) electrons. The molecule has 32 heavy (non-hydrogen) atoms. The number of pyridine rings is 1. The van der Waals surface area contributed by atoms with Crippen molar-refractivity contribution in [2.24, 2.45) is 11.8 Å². The van der Waals surface area contributed by atoms with Gasteiger partial charge < -0.3 is 9.64 Å². The Morgan fingerprint density at radius 3 is 2.66 bits per heavy atom. The van der Waals surface area contributed by atoms with Crippen LogP contribution in [0, 0.1) is 11.8 Å². The molecule has 0 unspecified atom stereocenters. The molecular weight excluding hydrogens is 392 g/mol. The molecule has 0 spiro atoms. The fourth-order valence-corrected chi connectivity index (χ4v) is 5.41. The summed E-state index contributed by atoms with van der Waals surface area (Å²) >= 11 is 0. The number of aromatic nitrogens is 1. The number of nitrogens with zero attached hydrogens (tertiary/aromatic N) is 2. The summed E-state index contributed by atoms with van der Waals surface area (Å²) in [6, 6.07) is 8.57. The Morgan fingerprint density at radius 1 is 0.969 bits per heavy atom. The van der Waals surface area contributed by atoms with Crippen LogP contribution in [0.25, 0.3) is 10.9 Å². The number of hydrogen-bond donors (Lipinski definition) is 0. The van der Waals surface area contributed by atoms with Crippen LogP contribution in [0.4, 0.5) is 0 Å². The predicted molar refractivity (Wildman–Crippen MR) is 138 cm³/mol. The first-order valence-corrected chi connectivity index (χ1v) is 13.5. The first kappa shape index (κ1) is 25.0. The first-order chi connectivity index (χ1) is 15.7. The van der Waals surface area contributed by atoms with Gasteiger partial charge in [-0.1, -0.05) is 52.9 Å². The molecule has 1 fully saturated rings. The van der Waals surface area contributed by atoms with Crippen molar-refractivity contribution in [3.05, 3.63) is 36.0 Å². The molecule has 2 aromatic rings. The van der Waals surface area contributed by atoms with Crippen LogP contribution in [-0.4, -0.2) is 36.1 Å². The van der Waals surface area contributed by atoms with Crippen LogP contribution in [0.1, 0.15) is 90.5 Å². The molecule has 3 nitrogen and oxygen atoms in total. The Kier molecular flexibility index (Phi) is 10.8. The van der Waals surface area contributed by atoms with E-state index in [2.05, 4.69) is 54.9 Å². The zero-order chi connectivity index (χ0) is 22.6. The predicted octanol–water partition coefficient (Wildman–Crippen LogP) is 7.66. The second kappa shape index (κ2) is 13.8. The first-order valence-electron chi connectivity index (χ1n) is 13.5. The van der Waals surface area contributed by atoms with Crippen molar-refractivity contribution in [3.63, 3.8) is 0 Å². The number of piperidine rings is 1. The number of unbranched alkanes of at least 4 members (excludes halogenated alkanes) is 4. The minimum absolute atomic E-state index is 0.775. The van der Waals surface area contributed by atoms with E-state index in [4.69, 9.17) is 4.74 Å². The van der Waals surface area contributed by atoms with Crippen LogP contribution in [0.3, 0.4) is 0 Å². The molecule has 1 aromatic heterocycles. The van der Waals surface area contributed by atoms with E-state index in [9.17, 15) is 0 Å². The van der Waals surface area contributed by atoms with Gasteiger partial charge in [0.15, 0.2) is 0 Å². The van der Waals surface area contributed by atoms with E-state index in [1.807, 2.05) is 6.20 Å². The summed E-state index contributed by atoms with van der Waals surface area (Å²) in [4.78, 5) is 7.33. The van der Waals surface area contributed by atoms with Gasteiger partial charge in [-0.3, -0.25) is 4.98 Å². The maximum absolute atomic E-state index is 5.87. The van der Waals surface area contributed by atoms with E-state index in [1.165, 1.54) is 88.4 Å². The summed E-state index contributed by atoms with van der Waals surface area (Å²) in [6.07, 6.45) is 16.5. The lowest BCUT2D eigenvalue weighted by Gasteiger charge is -2.38. The Morgan fingerprint density at radius 2 is 1.84 bits per heavy atom. The zero-order valence-electron chi connectivity index (χ0n) is 21.0. The standard InChI is InChI=1S/C29H46N2O/c1-4-7-8-9-10-19-31-20-17-25(24(6-3)23-31)12-11-13-26-16-18-30-29-15-14-27(22-28(26)29)32-21-5-2/h14-16,18,22,24-25H,4-13,17,19-21,23H2,1-3H3/t24-,25+/m0/s1. The summed E-state index contributed by atoms with van der Waals surface area (Å²) in [7, 11) is 0. The normalized spacial score (nSPS) is 19.5. The SMILES string of the molecule is CCCCCCCN1CC[C@@H](CCCc2ccnc3ccc(OCCC)cc23)[C@@H](CC)C1. The molecule has 2 heterocycles. The van der Waals surface area contributed by atoms with Gasteiger partial charge in [-0.15, -0.1) is 0 Å². The molecule has 1 saturated heterocycles. The van der Waals surface area contributed by atoms with Crippen molar-refractivity contribution >= 4 is 10.9 Å². The van der Waals surface area contributed by atoms with Crippen LogP contribution in [-0.2, 0) is 6.42 Å². The van der Waals surface area contributed by atoms with Gasteiger partial charge in [-0.25, -0.2) is 0 Å². The third kappa shape index (κ3) is 7.47. The van der Waals surface area contributed by atoms with Crippen LogP contribution in [0.5, 0.6) is 5.75 Å². The van der Waals surface area contributed by atoms with Crippen LogP contribution >= 0.6 is 0 Å². The molecule has 178 valence electrons. The minimum Gasteiger partial charge on any atom is -0.494 e. The Bertz CT molecular complexity index is 790. The Balaban J connectivity index is 1.49. The largest absolute Gasteiger partial charge is 0.494 e. The quantitative estimate of drug-likeness (QED) is 0.283. The average Bonchev–Trinajstić information content (AvgIpc) is 2.83. The fourth-order valence-electron chi connectivity index (χ4n) is 5.41. The van der Waals surface area contributed by atoms with Crippen molar-refractivity contribution in [2.45, 2.75) is 91.4 Å². The number of likely N-dealkylation sites (tertiary alicyclic amines) is 1. The lowest BCUT2D eigenvalue weighted by Crippen LogP contribution is -2.40. The van der Waals surface area contributed by atoms with Gasteiger partial charge in [0.2, 0.25) is 0 Å². The molecule has 0 amide bonds. The molecular formula is C29H46N2O. The van der Waals surface area contributed by atoms with Gasteiger partial charge in [0.1, 0.15) is 5.75 Å². The van der Waals surface area contributed by atoms with Gasteiger partial charge >= 0.3 is 0 Å². The summed E-state index contributed by atoms with van der Waals surface area (Å²) in [5, 5.41) is 1.27. The number of ether oxygens (including phenoxy) is 1. The zero-order valence-corrected chi connectivity index (χ0v) is 21.0. The average molecular weight is 439 g/mol. The molecule has 1 aromatic carbocycles. The Labute approximate surface area is 196 Å². The maximum Gasteiger partial charge on any atom is 0.120 e. The van der Waals surface area contributed by atoms with Gasteiger partial charge in [0.05, 0.1) is 12.1 Å². The third-order valence-electron chi connectivity index (χ3n) is 7.37. The van der Waals surface area contributed by atoms with E-state index >= 15 is 0 Å². The lowest BCUT2D eigenvalue weighted by molar-refractivity contribution is 0.108. The maximum atomic E-state index is 5.87. The third-order valence-corrected chi connectivity index (χ3v) is 7.37. The smallest absolute Gasteiger partial charge is 0.120 e. The minimum atomic E-state index is 0.775. The van der Waals surface area contributed by atoms with E-state index in [0.717, 1.165) is 42.6 Å². The molecule has 3 rings (SSSR count). The molecule has 0 saturated carbocycles. The van der Waals surface area contributed by atoms with Gasteiger partial charge in [-0.2, -0.15) is 0 Å². The molecule has 1 aliphatic rings. The van der Waals surface area contributed by atoms with Gasteiger partial charge in [0.25, 0.3) is 0 Å². The summed E-state index contributed by atoms with van der Waals surface area (Å²) in [5.41, 5.74) is 2.51. The number of rotatable bonds is 14. The summed E-state index contributed by atoms with van der Waals surface area (Å²) in [6.45, 7) is 11.6. The van der Waals surface area contributed by atoms with Gasteiger partial charge in [-0.05, 0) is 93.3 Å². The molecule has 2 atom stereocenters. The fraction of sp³-hybridized carbons (Fsp3) is 0.690. The number of hydrogen-bond acceptors (Lipinski definition) is 3. The van der Waals surface area contributed by atoms with Crippen LogP contribution in [0.15, 0.2) is 30.5 Å². The monoisotopic (exact) mass is 438 g/mol. The highest BCUT2D eigenvalue weighted by Gasteiger charge is 2.27. The van der Waals surface area contributed by atoms with Crippen molar-refractivity contribution in [1.82, 2.24) is 9.88 Å². The summed E-state index contributed by atoms with van der Waals surface area (Å²) in [5.74, 6) is 2.75. The van der Waals surface area contributed by atoms with Crippen LogP contribution in [0.2, 0.25) is 0 Å². The summed E-state index contributed by atoms with van der Waals surface area (Å²) < 4.78 is 5.87. The number of fused-ring (bicyclic) bond motifs is 1. The molecule has 3 heteroatoms.